The van der Waals surface area contributed by atoms with Crippen molar-refractivity contribution >= 4 is 11.7 Å². The Morgan fingerprint density at radius 1 is 1.29 bits per heavy atom. The van der Waals surface area contributed by atoms with Crippen molar-refractivity contribution in [1.29, 1.82) is 0 Å². The second-order valence-electron chi connectivity index (χ2n) is 6.98. The molecule has 0 radical (unpaired) electrons. The van der Waals surface area contributed by atoms with Gasteiger partial charge in [-0.15, -0.1) is 6.42 Å². The molecular weight excluding hydrogens is 356 g/mol. The number of benzene rings is 1. The normalized spacial score (nSPS) is 14.3. The molecule has 0 aliphatic heterocycles. The summed E-state index contributed by atoms with van der Waals surface area (Å²) in [6.07, 6.45) is 10.8. The van der Waals surface area contributed by atoms with Gasteiger partial charge in [-0.25, -0.2) is 0 Å². The Hall–Kier alpha value is -3.07. The van der Waals surface area contributed by atoms with Gasteiger partial charge in [0, 0.05) is 17.7 Å². The smallest absolute Gasteiger partial charge is 0.277 e. The first-order chi connectivity index (χ1) is 13.6. The molecule has 0 atom stereocenters. The molecule has 0 unspecified atom stereocenters. The minimum Gasteiger partial charge on any atom is -0.486 e. The fourth-order valence-electron chi connectivity index (χ4n) is 3.45. The predicted octanol–water partition coefficient (Wildman–Crippen LogP) is 3.86. The number of ether oxygens (including phenoxy) is 1. The Balaban J connectivity index is 1.65. The molecule has 1 aliphatic rings. The van der Waals surface area contributed by atoms with Crippen molar-refractivity contribution in [3.63, 3.8) is 0 Å². The van der Waals surface area contributed by atoms with Crippen molar-refractivity contribution in [2.24, 2.45) is 0 Å². The Labute approximate surface area is 164 Å². The largest absolute Gasteiger partial charge is 0.486 e. The zero-order valence-electron chi connectivity index (χ0n) is 16.0. The Bertz CT molecular complexity index is 875. The quantitative estimate of drug-likeness (QED) is 0.539. The standard InChI is InChI=1S/C22H24N2O4/c1-3-12-24(18-9-5-4-6-10-18)22(26)21-14-20(28-23-21)15-27-19-11-7-8-17(13-19)16(2)25/h1,7-8,11,13-14,18H,4-6,9-10,12,15H2,2H3. The van der Waals surface area contributed by atoms with E-state index in [0.717, 1.165) is 25.7 Å². The second-order valence-corrected chi connectivity index (χ2v) is 6.98. The molecule has 28 heavy (non-hydrogen) atoms. The third kappa shape index (κ3) is 4.80. The summed E-state index contributed by atoms with van der Waals surface area (Å²) < 4.78 is 10.9. The monoisotopic (exact) mass is 380 g/mol. The molecule has 0 N–H and O–H groups in total. The van der Waals surface area contributed by atoms with Gasteiger partial charge in [-0.1, -0.05) is 42.5 Å². The molecule has 146 valence electrons. The van der Waals surface area contributed by atoms with Gasteiger partial charge in [0.15, 0.2) is 17.2 Å². The zero-order valence-corrected chi connectivity index (χ0v) is 16.0. The van der Waals surface area contributed by atoms with Crippen LogP contribution in [-0.4, -0.2) is 34.3 Å². The lowest BCUT2D eigenvalue weighted by Gasteiger charge is -2.32. The summed E-state index contributed by atoms with van der Waals surface area (Å²) >= 11 is 0. The maximum atomic E-state index is 12.9. The molecule has 1 aromatic carbocycles. The number of rotatable bonds is 7. The Morgan fingerprint density at radius 2 is 2.07 bits per heavy atom. The molecule has 1 amide bonds. The van der Waals surface area contributed by atoms with Gasteiger partial charge in [0.05, 0.1) is 6.54 Å². The molecule has 2 aromatic rings. The van der Waals surface area contributed by atoms with Crippen LogP contribution in [0.1, 0.15) is 65.6 Å². The van der Waals surface area contributed by atoms with Crippen LogP contribution in [0.4, 0.5) is 0 Å². The summed E-state index contributed by atoms with van der Waals surface area (Å²) in [6.45, 7) is 1.88. The van der Waals surface area contributed by atoms with Crippen LogP contribution in [0, 0.1) is 12.3 Å². The van der Waals surface area contributed by atoms with E-state index >= 15 is 0 Å². The number of amides is 1. The van der Waals surface area contributed by atoms with E-state index in [4.69, 9.17) is 15.7 Å². The third-order valence-corrected chi connectivity index (χ3v) is 4.94. The molecule has 0 spiro atoms. The van der Waals surface area contributed by atoms with Gasteiger partial charge < -0.3 is 14.2 Å². The van der Waals surface area contributed by atoms with Crippen LogP contribution in [0.25, 0.3) is 0 Å². The molecule has 0 bridgehead atoms. The first-order valence-electron chi connectivity index (χ1n) is 9.52. The molecule has 1 saturated carbocycles. The van der Waals surface area contributed by atoms with Gasteiger partial charge in [0.25, 0.3) is 5.91 Å². The lowest BCUT2D eigenvalue weighted by molar-refractivity contribution is 0.0656. The molecule has 6 heteroatoms. The van der Waals surface area contributed by atoms with Gasteiger partial charge in [-0.2, -0.15) is 0 Å². The number of ketones is 1. The van der Waals surface area contributed by atoms with E-state index < -0.39 is 0 Å². The van der Waals surface area contributed by atoms with E-state index in [-0.39, 0.29) is 36.6 Å². The van der Waals surface area contributed by atoms with Crippen LogP contribution in [0.3, 0.4) is 0 Å². The van der Waals surface area contributed by atoms with Crippen molar-refractivity contribution in [3.8, 4) is 18.1 Å². The van der Waals surface area contributed by atoms with Crippen LogP contribution in [0.15, 0.2) is 34.9 Å². The summed E-state index contributed by atoms with van der Waals surface area (Å²) in [4.78, 5) is 26.0. The second kappa shape index (κ2) is 9.23. The highest BCUT2D eigenvalue weighted by atomic mass is 16.5. The molecule has 3 rings (SSSR count). The topological polar surface area (TPSA) is 72.6 Å². The lowest BCUT2D eigenvalue weighted by atomic mass is 9.94. The first kappa shape index (κ1) is 19.7. The van der Waals surface area contributed by atoms with E-state index in [1.165, 1.54) is 13.3 Å². The van der Waals surface area contributed by atoms with E-state index in [1.807, 2.05) is 0 Å². The van der Waals surface area contributed by atoms with Crippen molar-refractivity contribution in [2.75, 3.05) is 6.54 Å². The van der Waals surface area contributed by atoms with Crippen molar-refractivity contribution in [3.05, 3.63) is 47.3 Å². The highest BCUT2D eigenvalue weighted by Gasteiger charge is 2.27. The molecule has 6 nitrogen and oxygen atoms in total. The van der Waals surface area contributed by atoms with Crippen LogP contribution >= 0.6 is 0 Å². The number of carbonyl (C=O) groups excluding carboxylic acids is 2. The van der Waals surface area contributed by atoms with E-state index in [2.05, 4.69) is 11.1 Å². The summed E-state index contributed by atoms with van der Waals surface area (Å²) in [5, 5.41) is 3.90. The van der Waals surface area contributed by atoms with Crippen LogP contribution in [0.5, 0.6) is 5.75 Å². The molecule has 1 aliphatic carbocycles. The number of aromatic nitrogens is 1. The minimum absolute atomic E-state index is 0.0330. The average molecular weight is 380 g/mol. The fraction of sp³-hybridized carbons (Fsp3) is 0.409. The highest BCUT2D eigenvalue weighted by Crippen LogP contribution is 2.24. The zero-order chi connectivity index (χ0) is 19.9. The van der Waals surface area contributed by atoms with Crippen LogP contribution < -0.4 is 4.74 Å². The van der Waals surface area contributed by atoms with Crippen LogP contribution in [0.2, 0.25) is 0 Å². The van der Waals surface area contributed by atoms with Gasteiger partial charge in [0.2, 0.25) is 0 Å². The molecule has 1 aromatic heterocycles. The summed E-state index contributed by atoms with van der Waals surface area (Å²) in [7, 11) is 0. The SMILES string of the molecule is C#CCN(C(=O)c1cc(COc2cccc(C(C)=O)c2)on1)C1CCCCC1. The number of carbonyl (C=O) groups is 2. The average Bonchev–Trinajstić information content (AvgIpc) is 3.20. The third-order valence-electron chi connectivity index (χ3n) is 4.94. The summed E-state index contributed by atoms with van der Waals surface area (Å²) in [5.74, 6) is 3.32. The molecule has 1 fully saturated rings. The van der Waals surface area contributed by atoms with Gasteiger partial charge in [-0.3, -0.25) is 9.59 Å². The van der Waals surface area contributed by atoms with Crippen molar-refractivity contribution in [1.82, 2.24) is 10.1 Å². The molecule has 1 heterocycles. The van der Waals surface area contributed by atoms with Gasteiger partial charge >= 0.3 is 0 Å². The van der Waals surface area contributed by atoms with Gasteiger partial charge in [-0.05, 0) is 31.9 Å². The van der Waals surface area contributed by atoms with Gasteiger partial charge in [0.1, 0.15) is 12.4 Å². The summed E-state index contributed by atoms with van der Waals surface area (Å²) in [6, 6.07) is 8.65. The molecule has 0 saturated heterocycles. The Kier molecular flexibility index (Phi) is 6.49. The van der Waals surface area contributed by atoms with Crippen LogP contribution in [-0.2, 0) is 6.61 Å². The maximum Gasteiger partial charge on any atom is 0.277 e. The number of hydrogen-bond acceptors (Lipinski definition) is 5. The number of Topliss-reactive ketones (excluding diaryl/α,β-unsaturated/α-hetero) is 1. The maximum absolute atomic E-state index is 12.9. The summed E-state index contributed by atoms with van der Waals surface area (Å²) in [5.41, 5.74) is 0.806. The Morgan fingerprint density at radius 3 is 2.79 bits per heavy atom. The molecular formula is C22H24N2O4. The minimum atomic E-state index is -0.210. The number of terminal acetylenes is 1. The fourth-order valence-corrected chi connectivity index (χ4v) is 3.45. The first-order valence-corrected chi connectivity index (χ1v) is 9.52. The van der Waals surface area contributed by atoms with E-state index in [1.54, 1.807) is 35.2 Å². The number of hydrogen-bond donors (Lipinski definition) is 0. The van der Waals surface area contributed by atoms with E-state index in [0.29, 0.717) is 17.1 Å². The lowest BCUT2D eigenvalue weighted by Crippen LogP contribution is -2.41. The van der Waals surface area contributed by atoms with Crippen molar-refractivity contribution in [2.45, 2.75) is 51.7 Å². The van der Waals surface area contributed by atoms with E-state index in [9.17, 15) is 9.59 Å². The highest BCUT2D eigenvalue weighted by molar-refractivity contribution is 5.94. The predicted molar refractivity (Wildman–Crippen MR) is 104 cm³/mol. The number of nitrogens with zero attached hydrogens (tertiary/aromatic N) is 2. The van der Waals surface area contributed by atoms with Crippen molar-refractivity contribution < 1.29 is 18.8 Å².